The summed E-state index contributed by atoms with van der Waals surface area (Å²) in [6.45, 7) is 2.60. The van der Waals surface area contributed by atoms with Gasteiger partial charge >= 0.3 is 0 Å². The van der Waals surface area contributed by atoms with Gasteiger partial charge in [-0.15, -0.1) is 23.1 Å². The van der Waals surface area contributed by atoms with E-state index in [0.717, 1.165) is 15.3 Å². The highest BCUT2D eigenvalue weighted by molar-refractivity contribution is 7.99. The van der Waals surface area contributed by atoms with E-state index in [9.17, 15) is 8.42 Å². The van der Waals surface area contributed by atoms with E-state index in [2.05, 4.69) is 10.0 Å². The highest BCUT2D eigenvalue weighted by Gasteiger charge is 2.19. The van der Waals surface area contributed by atoms with Gasteiger partial charge in [0.25, 0.3) is 10.0 Å². The van der Waals surface area contributed by atoms with Crippen LogP contribution in [0.3, 0.4) is 0 Å². The Labute approximate surface area is 134 Å². The zero-order valence-electron chi connectivity index (χ0n) is 12.1. The van der Waals surface area contributed by atoms with Gasteiger partial charge in [0.2, 0.25) is 0 Å². The second-order valence-electron chi connectivity index (χ2n) is 4.51. The van der Waals surface area contributed by atoms with Gasteiger partial charge in [0, 0.05) is 16.3 Å². The minimum atomic E-state index is -3.54. The Bertz CT molecular complexity index is 724. The predicted octanol–water partition coefficient (Wildman–Crippen LogP) is 3.30. The van der Waals surface area contributed by atoms with Crippen molar-refractivity contribution in [2.75, 3.05) is 18.0 Å². The molecular weight excluding hydrogens is 324 g/mol. The number of thiophene rings is 1. The summed E-state index contributed by atoms with van der Waals surface area (Å²) in [5, 5.41) is 3.05. The third-order valence-electron chi connectivity index (χ3n) is 2.95. The molecule has 7 heteroatoms. The average Bonchev–Trinajstić information content (AvgIpc) is 2.82. The molecule has 0 aliphatic carbocycles. The molecule has 0 saturated heterocycles. The lowest BCUT2D eigenvalue weighted by Crippen LogP contribution is -2.12. The topological polar surface area (TPSA) is 58.2 Å². The molecular formula is C14H18N2O2S3. The Morgan fingerprint density at radius 3 is 2.67 bits per heavy atom. The summed E-state index contributed by atoms with van der Waals surface area (Å²) in [6, 6.07) is 9.11. The summed E-state index contributed by atoms with van der Waals surface area (Å²) >= 11 is 2.82. The van der Waals surface area contributed by atoms with Crippen LogP contribution in [0, 0.1) is 6.92 Å². The number of thioether (sulfide) groups is 1. The van der Waals surface area contributed by atoms with Crippen LogP contribution >= 0.6 is 23.1 Å². The normalized spacial score (nSPS) is 11.6. The van der Waals surface area contributed by atoms with E-state index in [1.807, 2.05) is 38.4 Å². The zero-order chi connectivity index (χ0) is 15.5. The van der Waals surface area contributed by atoms with E-state index >= 15 is 0 Å². The van der Waals surface area contributed by atoms with Gasteiger partial charge in [-0.25, -0.2) is 8.42 Å². The molecule has 0 amide bonds. The van der Waals surface area contributed by atoms with E-state index in [-0.39, 0.29) is 0 Å². The lowest BCUT2D eigenvalue weighted by atomic mass is 10.3. The number of aryl methyl sites for hydroxylation is 1. The first-order chi connectivity index (χ1) is 9.97. The predicted molar refractivity (Wildman–Crippen MR) is 90.9 cm³/mol. The summed E-state index contributed by atoms with van der Waals surface area (Å²) in [5.74, 6) is 0. The van der Waals surface area contributed by atoms with Crippen LogP contribution in [0.4, 0.5) is 5.69 Å². The number of benzene rings is 1. The minimum Gasteiger partial charge on any atom is -0.315 e. The highest BCUT2D eigenvalue weighted by atomic mass is 32.2. The second kappa shape index (κ2) is 6.83. The molecule has 0 bridgehead atoms. The van der Waals surface area contributed by atoms with Crippen molar-refractivity contribution in [3.05, 3.63) is 40.8 Å². The van der Waals surface area contributed by atoms with Crippen LogP contribution in [0.2, 0.25) is 0 Å². The Kier molecular flexibility index (Phi) is 5.32. The third kappa shape index (κ3) is 3.79. The van der Waals surface area contributed by atoms with E-state index in [1.165, 1.54) is 23.1 Å². The van der Waals surface area contributed by atoms with Crippen LogP contribution in [0.1, 0.15) is 10.4 Å². The molecule has 0 aliphatic heterocycles. The molecule has 4 nitrogen and oxygen atoms in total. The van der Waals surface area contributed by atoms with Gasteiger partial charge in [-0.05, 0) is 44.0 Å². The van der Waals surface area contributed by atoms with Crippen LogP contribution in [-0.4, -0.2) is 21.7 Å². The second-order valence-corrected chi connectivity index (χ2v) is 8.40. The van der Waals surface area contributed by atoms with Crippen LogP contribution in [0.25, 0.3) is 0 Å². The zero-order valence-corrected chi connectivity index (χ0v) is 14.6. The van der Waals surface area contributed by atoms with Crippen LogP contribution in [-0.2, 0) is 16.6 Å². The Hall–Kier alpha value is -1.02. The van der Waals surface area contributed by atoms with Crippen molar-refractivity contribution in [1.29, 1.82) is 0 Å². The first-order valence-corrected chi connectivity index (χ1v) is 9.90. The number of nitrogens with one attached hydrogen (secondary N) is 2. The minimum absolute atomic E-state index is 0.348. The number of anilines is 1. The van der Waals surface area contributed by atoms with Crippen molar-refractivity contribution in [3.8, 4) is 0 Å². The Morgan fingerprint density at radius 1 is 1.29 bits per heavy atom. The van der Waals surface area contributed by atoms with E-state index in [4.69, 9.17) is 0 Å². The van der Waals surface area contributed by atoms with Gasteiger partial charge in [-0.1, -0.05) is 12.1 Å². The fourth-order valence-corrected chi connectivity index (χ4v) is 5.18. The summed E-state index contributed by atoms with van der Waals surface area (Å²) in [6.07, 6.45) is 1.92. The highest BCUT2D eigenvalue weighted by Crippen LogP contribution is 2.30. The number of hydrogen-bond donors (Lipinski definition) is 2. The summed E-state index contributed by atoms with van der Waals surface area (Å²) < 4.78 is 28.0. The Balaban J connectivity index is 2.32. The summed E-state index contributed by atoms with van der Waals surface area (Å²) in [7, 11) is -1.69. The third-order valence-corrected chi connectivity index (χ3v) is 6.82. The van der Waals surface area contributed by atoms with Crippen molar-refractivity contribution >= 4 is 38.8 Å². The fourth-order valence-electron chi connectivity index (χ4n) is 1.88. The maximum absolute atomic E-state index is 12.5. The summed E-state index contributed by atoms with van der Waals surface area (Å²) in [5.41, 5.74) is 1.61. The molecule has 0 aliphatic rings. The molecule has 0 unspecified atom stereocenters. The SMILES string of the molecule is CNCc1sc(S(=O)(=O)Nc2ccccc2SC)cc1C. The van der Waals surface area contributed by atoms with E-state index in [1.54, 1.807) is 12.1 Å². The molecule has 1 heterocycles. The average molecular weight is 343 g/mol. The van der Waals surface area contributed by atoms with Crippen LogP contribution in [0.15, 0.2) is 39.4 Å². The molecule has 1 aromatic heterocycles. The van der Waals surface area contributed by atoms with Crippen molar-refractivity contribution < 1.29 is 8.42 Å². The van der Waals surface area contributed by atoms with E-state index in [0.29, 0.717) is 16.4 Å². The van der Waals surface area contributed by atoms with Gasteiger partial charge in [0.05, 0.1) is 5.69 Å². The van der Waals surface area contributed by atoms with Crippen LogP contribution < -0.4 is 10.0 Å². The molecule has 2 rings (SSSR count). The van der Waals surface area contributed by atoms with Crippen LogP contribution in [0.5, 0.6) is 0 Å². The van der Waals surface area contributed by atoms with Gasteiger partial charge < -0.3 is 5.32 Å². The first-order valence-electron chi connectivity index (χ1n) is 6.37. The number of hydrogen-bond acceptors (Lipinski definition) is 5. The molecule has 2 aromatic rings. The van der Waals surface area contributed by atoms with Crippen molar-refractivity contribution in [3.63, 3.8) is 0 Å². The molecule has 0 atom stereocenters. The number of sulfonamides is 1. The molecule has 1 aromatic carbocycles. The standard InChI is InChI=1S/C14H18N2O2S3/c1-10-8-14(20-13(10)9-15-2)21(17,18)16-11-6-4-5-7-12(11)19-3/h4-8,15-16H,9H2,1-3H3. The van der Waals surface area contributed by atoms with Crippen molar-refractivity contribution in [2.45, 2.75) is 22.6 Å². The summed E-state index contributed by atoms with van der Waals surface area (Å²) in [4.78, 5) is 1.95. The molecule has 0 saturated carbocycles. The van der Waals surface area contributed by atoms with Crippen molar-refractivity contribution in [2.24, 2.45) is 0 Å². The first kappa shape index (κ1) is 16.4. The lowest BCUT2D eigenvalue weighted by molar-refractivity contribution is 0.603. The fraction of sp³-hybridized carbons (Fsp3) is 0.286. The molecule has 0 fully saturated rings. The van der Waals surface area contributed by atoms with Gasteiger partial charge in [0.15, 0.2) is 0 Å². The van der Waals surface area contributed by atoms with Crippen molar-refractivity contribution in [1.82, 2.24) is 5.32 Å². The quantitative estimate of drug-likeness (QED) is 0.791. The number of rotatable bonds is 6. The van der Waals surface area contributed by atoms with Gasteiger partial charge in [0.1, 0.15) is 4.21 Å². The molecule has 21 heavy (non-hydrogen) atoms. The molecule has 0 radical (unpaired) electrons. The Morgan fingerprint density at radius 2 is 2.00 bits per heavy atom. The maximum Gasteiger partial charge on any atom is 0.271 e. The molecule has 2 N–H and O–H groups in total. The maximum atomic E-state index is 12.5. The lowest BCUT2D eigenvalue weighted by Gasteiger charge is -2.09. The van der Waals surface area contributed by atoms with Gasteiger partial charge in [-0.3, -0.25) is 4.72 Å². The number of para-hydroxylation sites is 1. The van der Waals surface area contributed by atoms with Gasteiger partial charge in [-0.2, -0.15) is 0 Å². The molecule has 114 valence electrons. The smallest absolute Gasteiger partial charge is 0.271 e. The largest absolute Gasteiger partial charge is 0.315 e. The van der Waals surface area contributed by atoms with E-state index < -0.39 is 10.0 Å². The monoisotopic (exact) mass is 342 g/mol. The molecule has 0 spiro atoms.